The van der Waals surface area contributed by atoms with Gasteiger partial charge in [-0.15, -0.1) is 0 Å². The van der Waals surface area contributed by atoms with Gasteiger partial charge in [0.1, 0.15) is 10.7 Å². The van der Waals surface area contributed by atoms with E-state index in [1.165, 1.54) is 11.8 Å². The molecule has 0 bridgehead atoms. The molecule has 1 heterocycles. The minimum Gasteiger partial charge on any atom is -0.312 e. The van der Waals surface area contributed by atoms with Gasteiger partial charge in [0.2, 0.25) is 15.9 Å². The number of nitrogens with two attached hydrogens (primary N) is 1. The third-order valence-electron chi connectivity index (χ3n) is 2.72. The predicted molar refractivity (Wildman–Crippen MR) is 76.9 cm³/mol. The summed E-state index contributed by atoms with van der Waals surface area (Å²) in [6.45, 7) is 1.80. The van der Waals surface area contributed by atoms with E-state index in [0.717, 1.165) is 12.1 Å². The van der Waals surface area contributed by atoms with Crippen LogP contribution in [0.1, 0.15) is 12.5 Å². The van der Waals surface area contributed by atoms with Crippen LogP contribution in [0.5, 0.6) is 0 Å². The number of sulfonamides is 1. The molecule has 0 atom stereocenters. The molecule has 0 radical (unpaired) electrons. The molecular formula is C10H12ClFN2O6S2. The molecule has 1 aromatic carbocycles. The van der Waals surface area contributed by atoms with Crippen LogP contribution in [0, 0.1) is 5.82 Å². The zero-order valence-electron chi connectivity index (χ0n) is 11.2. The first-order chi connectivity index (χ1) is 9.80. The number of benzene rings is 1. The zero-order chi connectivity index (χ0) is 17.3. The molecule has 0 aromatic heterocycles. The molecule has 0 saturated heterocycles. The smallest absolute Gasteiger partial charge is 0.312 e. The Labute approximate surface area is 131 Å². The number of amides is 1. The average molecular weight is 375 g/mol. The van der Waals surface area contributed by atoms with Gasteiger partial charge in [0.15, 0.2) is 0 Å². The van der Waals surface area contributed by atoms with Gasteiger partial charge in [0, 0.05) is 29.8 Å². The van der Waals surface area contributed by atoms with Crippen molar-refractivity contribution in [3.63, 3.8) is 0 Å². The number of fused-ring (bicyclic) bond motifs is 1. The van der Waals surface area contributed by atoms with Gasteiger partial charge in [-0.25, -0.2) is 17.9 Å². The molecule has 12 heteroatoms. The summed E-state index contributed by atoms with van der Waals surface area (Å²) >= 11 is 0. The van der Waals surface area contributed by atoms with Crippen LogP contribution in [0.15, 0.2) is 17.0 Å². The molecule has 1 aliphatic heterocycles. The second kappa shape index (κ2) is 6.46. The van der Waals surface area contributed by atoms with Gasteiger partial charge >= 0.3 is 9.33 Å². The number of nitrogens with zero attached hydrogens (tertiary/aromatic N) is 1. The lowest BCUT2D eigenvalue weighted by atomic mass is 10.1. The zero-order valence-corrected chi connectivity index (χ0v) is 13.5. The minimum atomic E-state index is -4.19. The number of hydrogen-bond donors (Lipinski definition) is 2. The van der Waals surface area contributed by atoms with Crippen molar-refractivity contribution < 1.29 is 30.6 Å². The number of rotatable bonds is 1. The normalized spacial score (nSPS) is 14.1. The van der Waals surface area contributed by atoms with Crippen molar-refractivity contribution >= 4 is 41.6 Å². The molecule has 0 aliphatic carbocycles. The molecule has 0 spiro atoms. The van der Waals surface area contributed by atoms with Gasteiger partial charge in [0.25, 0.3) is 0 Å². The Hall–Kier alpha value is -1.27. The summed E-state index contributed by atoms with van der Waals surface area (Å²) in [5, 5.41) is 4.90. The number of carbonyl (C=O) groups excluding carboxylic acids is 1. The molecule has 1 aromatic rings. The Bertz CT molecular complexity index is 801. The monoisotopic (exact) mass is 374 g/mol. The van der Waals surface area contributed by atoms with Gasteiger partial charge in [0.05, 0.1) is 0 Å². The summed E-state index contributed by atoms with van der Waals surface area (Å²) in [7, 11) is -4.25. The fourth-order valence-corrected chi connectivity index (χ4v) is 2.54. The highest BCUT2D eigenvalue weighted by atomic mass is 35.7. The molecule has 8 nitrogen and oxygen atoms in total. The summed E-state index contributed by atoms with van der Waals surface area (Å²) in [6.07, 6.45) is 0.511. The first-order valence-electron chi connectivity index (χ1n) is 5.61. The van der Waals surface area contributed by atoms with E-state index in [1.807, 2.05) is 0 Å². The van der Waals surface area contributed by atoms with Crippen LogP contribution in [-0.2, 0) is 30.6 Å². The average Bonchev–Trinajstić information content (AvgIpc) is 2.66. The van der Waals surface area contributed by atoms with Crippen LogP contribution in [0.25, 0.3) is 0 Å². The molecule has 22 heavy (non-hydrogen) atoms. The van der Waals surface area contributed by atoms with E-state index in [0.29, 0.717) is 24.2 Å². The molecule has 3 N–H and O–H groups in total. The summed E-state index contributed by atoms with van der Waals surface area (Å²) in [4.78, 5) is 12.1. The maximum Gasteiger partial charge on any atom is 0.353 e. The van der Waals surface area contributed by atoms with Crippen LogP contribution in [0.4, 0.5) is 10.1 Å². The summed E-state index contributed by atoms with van der Waals surface area (Å²) in [6, 6.07) is 2.24. The fraction of sp³-hybridized carbons (Fsp3) is 0.300. The van der Waals surface area contributed by atoms with E-state index in [2.05, 4.69) is 10.7 Å². The lowest BCUT2D eigenvalue weighted by Crippen LogP contribution is -2.26. The first kappa shape index (κ1) is 18.8. The van der Waals surface area contributed by atoms with E-state index in [4.69, 9.17) is 18.1 Å². The molecule has 1 amide bonds. The SMILES string of the molecule is CC(=O)N1CCc2cc(F)c(S(N)(=O)=O)cc21.O=S(=O)(O)Cl. The number of anilines is 1. The third kappa shape index (κ3) is 5.18. The van der Waals surface area contributed by atoms with Crippen molar-refractivity contribution in [2.24, 2.45) is 5.14 Å². The van der Waals surface area contributed by atoms with Crippen molar-refractivity contribution in [2.45, 2.75) is 18.2 Å². The maximum atomic E-state index is 13.5. The number of carbonyl (C=O) groups is 1. The van der Waals surface area contributed by atoms with E-state index >= 15 is 0 Å². The van der Waals surface area contributed by atoms with Crippen molar-refractivity contribution in [1.29, 1.82) is 0 Å². The maximum absolute atomic E-state index is 13.5. The van der Waals surface area contributed by atoms with E-state index < -0.39 is 30.1 Å². The highest BCUT2D eigenvalue weighted by molar-refractivity contribution is 8.09. The summed E-state index contributed by atoms with van der Waals surface area (Å²) in [5.41, 5.74) is 1.04. The quantitative estimate of drug-likeness (QED) is 0.540. The van der Waals surface area contributed by atoms with E-state index in [-0.39, 0.29) is 5.91 Å². The van der Waals surface area contributed by atoms with Crippen LogP contribution in [0.3, 0.4) is 0 Å². The molecule has 0 saturated carbocycles. The highest BCUT2D eigenvalue weighted by Gasteiger charge is 2.26. The Kier molecular flexibility index (Phi) is 5.51. The van der Waals surface area contributed by atoms with Crippen LogP contribution in [0.2, 0.25) is 0 Å². The Morgan fingerprint density at radius 2 is 1.86 bits per heavy atom. The van der Waals surface area contributed by atoms with Gasteiger partial charge < -0.3 is 4.90 Å². The summed E-state index contributed by atoms with van der Waals surface area (Å²) < 4.78 is 61.0. The Morgan fingerprint density at radius 1 is 1.36 bits per heavy atom. The van der Waals surface area contributed by atoms with Crippen molar-refractivity contribution in [1.82, 2.24) is 0 Å². The van der Waals surface area contributed by atoms with Gasteiger partial charge in [-0.2, -0.15) is 8.42 Å². The van der Waals surface area contributed by atoms with Gasteiger partial charge in [-0.1, -0.05) is 0 Å². The van der Waals surface area contributed by atoms with E-state index in [1.54, 1.807) is 0 Å². The Morgan fingerprint density at radius 3 is 2.27 bits per heavy atom. The molecular weight excluding hydrogens is 363 g/mol. The molecule has 124 valence electrons. The largest absolute Gasteiger partial charge is 0.353 e. The van der Waals surface area contributed by atoms with Crippen molar-refractivity contribution in [2.75, 3.05) is 11.4 Å². The minimum absolute atomic E-state index is 0.212. The molecule has 0 fully saturated rings. The standard InChI is InChI=1S/C10H11FN2O3S.ClHO3S/c1-6(14)13-3-2-7-4-8(11)10(5-9(7)13)17(12,15)16;1-5(2,3)4/h4-5H,2-3H2,1H3,(H2,12,15,16);(H,2,3,4). The summed E-state index contributed by atoms with van der Waals surface area (Å²) in [5.74, 6) is -1.09. The second-order valence-electron chi connectivity index (χ2n) is 4.29. The predicted octanol–water partition coefficient (Wildman–Crippen LogP) is 0.410. The van der Waals surface area contributed by atoms with Gasteiger partial charge in [-0.05, 0) is 24.1 Å². The topological polar surface area (TPSA) is 135 Å². The van der Waals surface area contributed by atoms with E-state index in [9.17, 15) is 17.6 Å². The molecule has 1 aliphatic rings. The number of halogens is 2. The third-order valence-corrected chi connectivity index (χ3v) is 3.64. The first-order valence-corrected chi connectivity index (χ1v) is 9.42. The van der Waals surface area contributed by atoms with Crippen molar-refractivity contribution in [3.8, 4) is 0 Å². The molecule has 2 rings (SSSR count). The number of hydrogen-bond acceptors (Lipinski definition) is 5. The second-order valence-corrected chi connectivity index (χ2v) is 7.81. The van der Waals surface area contributed by atoms with Crippen molar-refractivity contribution in [3.05, 3.63) is 23.5 Å². The number of primary sulfonamides is 1. The van der Waals surface area contributed by atoms with Crippen LogP contribution >= 0.6 is 10.7 Å². The van der Waals surface area contributed by atoms with Gasteiger partial charge in [-0.3, -0.25) is 9.35 Å². The van der Waals surface area contributed by atoms with Crippen LogP contribution in [-0.4, -0.2) is 33.8 Å². The lowest BCUT2D eigenvalue weighted by Gasteiger charge is -2.15. The molecule has 0 unspecified atom stereocenters. The van der Waals surface area contributed by atoms with Crippen LogP contribution < -0.4 is 10.0 Å². The Balaban J connectivity index is 0.000000422. The fourth-order valence-electron chi connectivity index (χ4n) is 1.93. The lowest BCUT2D eigenvalue weighted by molar-refractivity contribution is -0.116. The highest BCUT2D eigenvalue weighted by Crippen LogP contribution is 2.31.